The lowest BCUT2D eigenvalue weighted by molar-refractivity contribution is 0.579. The van der Waals surface area contributed by atoms with Crippen LogP contribution in [-0.2, 0) is 6.54 Å². The molecule has 7 heteroatoms. The van der Waals surface area contributed by atoms with Crippen molar-refractivity contribution in [2.75, 3.05) is 0 Å². The van der Waals surface area contributed by atoms with Gasteiger partial charge in [0.1, 0.15) is 0 Å². The summed E-state index contributed by atoms with van der Waals surface area (Å²) in [5, 5.41) is 6.72. The molecule has 0 fully saturated rings. The highest BCUT2D eigenvalue weighted by Gasteiger charge is 2.08. The van der Waals surface area contributed by atoms with E-state index in [9.17, 15) is 9.18 Å². The van der Waals surface area contributed by atoms with Crippen LogP contribution in [0.1, 0.15) is 6.92 Å². The molecule has 0 aliphatic heterocycles. The summed E-state index contributed by atoms with van der Waals surface area (Å²) in [4.78, 5) is 15.4. The fraction of sp³-hybridized carbons (Fsp3) is 0.222. The van der Waals surface area contributed by atoms with E-state index in [1.807, 2.05) is 6.92 Å². The van der Waals surface area contributed by atoms with Gasteiger partial charge in [-0.05, 0) is 24.8 Å². The minimum Gasteiger partial charge on any atom is -0.270 e. The van der Waals surface area contributed by atoms with Crippen LogP contribution in [-0.4, -0.2) is 19.7 Å². The molecule has 2 aromatic rings. The Kier molecular flexibility index (Phi) is 3.04. The van der Waals surface area contributed by atoms with Gasteiger partial charge in [-0.2, -0.15) is 4.39 Å². The zero-order valence-corrected chi connectivity index (χ0v) is 9.29. The molecule has 16 heavy (non-hydrogen) atoms. The molecule has 0 spiro atoms. The molecule has 84 valence electrons. The molecule has 5 nitrogen and oxygen atoms in total. The van der Waals surface area contributed by atoms with E-state index < -0.39 is 5.95 Å². The number of pyridine rings is 1. The van der Waals surface area contributed by atoms with E-state index in [1.54, 1.807) is 6.07 Å². The van der Waals surface area contributed by atoms with E-state index in [1.165, 1.54) is 28.6 Å². The maximum Gasteiger partial charge on any atom is 0.343 e. The normalized spacial score (nSPS) is 10.6. The van der Waals surface area contributed by atoms with Crippen molar-refractivity contribution in [3.8, 4) is 0 Å². The number of aromatic amines is 1. The lowest BCUT2D eigenvalue weighted by Crippen LogP contribution is -2.15. The van der Waals surface area contributed by atoms with E-state index in [0.717, 1.165) is 0 Å². The number of H-pyrrole nitrogens is 1. The molecule has 0 aliphatic rings. The Morgan fingerprint density at radius 3 is 3.12 bits per heavy atom. The number of hydrogen-bond acceptors (Lipinski definition) is 4. The summed E-state index contributed by atoms with van der Waals surface area (Å²) < 4.78 is 14.3. The van der Waals surface area contributed by atoms with Gasteiger partial charge in [-0.15, -0.1) is 5.10 Å². The second kappa shape index (κ2) is 4.48. The zero-order valence-electron chi connectivity index (χ0n) is 8.48. The summed E-state index contributed by atoms with van der Waals surface area (Å²) in [5.41, 5.74) is -0.264. The summed E-state index contributed by atoms with van der Waals surface area (Å²) >= 11 is 1.21. The Balaban J connectivity index is 2.30. The lowest BCUT2D eigenvalue weighted by atomic mass is 10.5. The second-order valence-electron chi connectivity index (χ2n) is 2.97. The topological polar surface area (TPSA) is 63.6 Å². The first-order valence-corrected chi connectivity index (χ1v) is 5.47. The van der Waals surface area contributed by atoms with Gasteiger partial charge in [-0.3, -0.25) is 4.57 Å². The smallest absolute Gasteiger partial charge is 0.270 e. The molecule has 2 heterocycles. The maximum absolute atomic E-state index is 12.8. The third kappa shape index (κ3) is 2.13. The van der Waals surface area contributed by atoms with Gasteiger partial charge in [0.25, 0.3) is 0 Å². The highest BCUT2D eigenvalue weighted by atomic mass is 32.2. The van der Waals surface area contributed by atoms with E-state index in [2.05, 4.69) is 15.2 Å². The summed E-state index contributed by atoms with van der Waals surface area (Å²) in [6.45, 7) is 2.36. The van der Waals surface area contributed by atoms with Crippen LogP contribution in [0.15, 0.2) is 33.2 Å². The minimum absolute atomic E-state index is 0.264. The fourth-order valence-corrected chi connectivity index (χ4v) is 2.12. The molecular formula is C9H9FN4OS. The number of nitrogens with one attached hydrogen (secondary N) is 1. The monoisotopic (exact) mass is 240 g/mol. The van der Waals surface area contributed by atoms with E-state index in [0.29, 0.717) is 16.6 Å². The van der Waals surface area contributed by atoms with Crippen LogP contribution in [0, 0.1) is 5.95 Å². The van der Waals surface area contributed by atoms with Crippen molar-refractivity contribution in [2.45, 2.75) is 23.5 Å². The minimum atomic E-state index is -0.550. The predicted molar refractivity (Wildman–Crippen MR) is 56.8 cm³/mol. The fourth-order valence-electron chi connectivity index (χ4n) is 1.21. The molecule has 0 bridgehead atoms. The molecule has 0 radical (unpaired) electrons. The van der Waals surface area contributed by atoms with Gasteiger partial charge in [0.2, 0.25) is 5.95 Å². The molecule has 2 rings (SSSR count). The van der Waals surface area contributed by atoms with Crippen LogP contribution in [0.25, 0.3) is 0 Å². The Morgan fingerprint density at radius 2 is 2.44 bits per heavy atom. The van der Waals surface area contributed by atoms with Gasteiger partial charge in [-0.25, -0.2) is 14.9 Å². The van der Waals surface area contributed by atoms with Gasteiger partial charge in [-0.1, -0.05) is 0 Å². The predicted octanol–water partition coefficient (Wildman–Crippen LogP) is 1.28. The first-order valence-electron chi connectivity index (χ1n) is 4.65. The number of halogens is 1. The number of aromatic nitrogens is 4. The van der Waals surface area contributed by atoms with E-state index >= 15 is 0 Å². The van der Waals surface area contributed by atoms with Crippen molar-refractivity contribution in [1.82, 2.24) is 19.7 Å². The molecule has 0 saturated heterocycles. The average molecular weight is 240 g/mol. The van der Waals surface area contributed by atoms with Gasteiger partial charge >= 0.3 is 5.69 Å². The first-order chi connectivity index (χ1) is 7.70. The second-order valence-corrected chi connectivity index (χ2v) is 4.01. The highest BCUT2D eigenvalue weighted by Crippen LogP contribution is 2.24. The Morgan fingerprint density at radius 1 is 1.62 bits per heavy atom. The van der Waals surface area contributed by atoms with Crippen LogP contribution >= 0.6 is 11.8 Å². The van der Waals surface area contributed by atoms with Crippen molar-refractivity contribution in [3.05, 3.63) is 34.8 Å². The van der Waals surface area contributed by atoms with Gasteiger partial charge in [0.15, 0.2) is 5.16 Å². The molecule has 1 N–H and O–H groups in total. The number of hydrogen-bond donors (Lipinski definition) is 1. The number of rotatable bonds is 3. The summed E-state index contributed by atoms with van der Waals surface area (Å²) in [7, 11) is 0. The van der Waals surface area contributed by atoms with Crippen molar-refractivity contribution < 1.29 is 4.39 Å². The Bertz CT molecular complexity index is 550. The summed E-state index contributed by atoms with van der Waals surface area (Å²) in [6.07, 6.45) is 1.37. The van der Waals surface area contributed by atoms with Gasteiger partial charge in [0.05, 0.1) is 0 Å². The third-order valence-electron chi connectivity index (χ3n) is 1.95. The quantitative estimate of drug-likeness (QED) is 0.821. The first kappa shape index (κ1) is 10.9. The summed E-state index contributed by atoms with van der Waals surface area (Å²) in [6, 6.07) is 2.96. The molecule has 0 aromatic carbocycles. The van der Waals surface area contributed by atoms with Crippen molar-refractivity contribution in [1.29, 1.82) is 0 Å². The standard InChI is InChI=1S/C9H9FN4OS/c1-2-14-8(15)12-13-9(14)16-6-3-4-11-7(10)5-6/h3-5H,2H2,1H3,(H,12,15). The van der Waals surface area contributed by atoms with Crippen LogP contribution in [0.5, 0.6) is 0 Å². The molecule has 0 aliphatic carbocycles. The van der Waals surface area contributed by atoms with Crippen molar-refractivity contribution in [2.24, 2.45) is 0 Å². The van der Waals surface area contributed by atoms with Crippen LogP contribution < -0.4 is 5.69 Å². The van der Waals surface area contributed by atoms with E-state index in [-0.39, 0.29) is 5.69 Å². The van der Waals surface area contributed by atoms with Crippen LogP contribution in [0.2, 0.25) is 0 Å². The summed E-state index contributed by atoms with van der Waals surface area (Å²) in [5.74, 6) is -0.550. The average Bonchev–Trinajstić information content (AvgIpc) is 2.59. The molecule has 0 amide bonds. The van der Waals surface area contributed by atoms with Crippen molar-refractivity contribution in [3.63, 3.8) is 0 Å². The highest BCUT2D eigenvalue weighted by molar-refractivity contribution is 7.99. The van der Waals surface area contributed by atoms with Gasteiger partial charge in [0, 0.05) is 23.7 Å². The third-order valence-corrected chi connectivity index (χ3v) is 2.93. The maximum atomic E-state index is 12.8. The Hall–Kier alpha value is -1.63. The Labute approximate surface area is 94.7 Å². The number of nitrogens with zero attached hydrogens (tertiary/aromatic N) is 3. The molecular weight excluding hydrogens is 231 g/mol. The van der Waals surface area contributed by atoms with E-state index in [4.69, 9.17) is 0 Å². The molecule has 2 aromatic heterocycles. The van der Waals surface area contributed by atoms with Gasteiger partial charge < -0.3 is 0 Å². The lowest BCUT2D eigenvalue weighted by Gasteiger charge is -2.01. The zero-order chi connectivity index (χ0) is 11.5. The molecule has 0 saturated carbocycles. The largest absolute Gasteiger partial charge is 0.343 e. The van der Waals surface area contributed by atoms with Crippen molar-refractivity contribution >= 4 is 11.8 Å². The molecule has 0 atom stereocenters. The van der Waals surface area contributed by atoms with Crippen LogP contribution in [0.3, 0.4) is 0 Å². The van der Waals surface area contributed by atoms with Crippen LogP contribution in [0.4, 0.5) is 4.39 Å². The SMILES string of the molecule is CCn1c(Sc2ccnc(F)c2)n[nH]c1=O. The molecule has 0 unspecified atom stereocenters.